The summed E-state index contributed by atoms with van der Waals surface area (Å²) >= 11 is 0. The van der Waals surface area contributed by atoms with Gasteiger partial charge in [0.15, 0.2) is 18.3 Å². The molecule has 0 aliphatic heterocycles. The van der Waals surface area contributed by atoms with Gasteiger partial charge >= 0.3 is 29.8 Å². The number of ether oxygens (including phenoxy) is 5. The average molecular weight is 419 g/mol. The topological polar surface area (TPSA) is 161 Å². The van der Waals surface area contributed by atoms with E-state index in [0.29, 0.717) is 0 Å². The van der Waals surface area contributed by atoms with E-state index in [2.05, 4.69) is 5.32 Å². The van der Waals surface area contributed by atoms with E-state index in [1.807, 2.05) is 0 Å². The van der Waals surface area contributed by atoms with Gasteiger partial charge in [-0.25, -0.2) is 0 Å². The molecule has 12 nitrogen and oxygen atoms in total. The van der Waals surface area contributed by atoms with Gasteiger partial charge in [0, 0.05) is 41.7 Å². The van der Waals surface area contributed by atoms with Crippen LogP contribution < -0.4 is 5.32 Å². The minimum Gasteiger partial charge on any atom is -0.462 e. The zero-order valence-electron chi connectivity index (χ0n) is 17.0. The van der Waals surface area contributed by atoms with E-state index in [1.165, 1.54) is 7.05 Å². The zero-order valence-corrected chi connectivity index (χ0v) is 17.0. The fourth-order valence-electron chi connectivity index (χ4n) is 2.24. The first-order valence-electron chi connectivity index (χ1n) is 8.42. The van der Waals surface area contributed by atoms with Crippen LogP contribution in [0.25, 0.3) is 0 Å². The van der Waals surface area contributed by atoms with Gasteiger partial charge in [-0.1, -0.05) is 0 Å². The maximum atomic E-state index is 12.3. The lowest BCUT2D eigenvalue weighted by atomic mass is 10.0. The minimum absolute atomic E-state index is 0.592. The Labute approximate surface area is 167 Å². The van der Waals surface area contributed by atoms with Crippen LogP contribution in [0.1, 0.15) is 34.6 Å². The Balaban J connectivity index is 6.29. The third kappa shape index (κ3) is 10.1. The molecule has 0 saturated heterocycles. The number of carbonyl (C=O) groups is 6. The smallest absolute Gasteiger partial charge is 0.303 e. The van der Waals surface area contributed by atoms with Crippen molar-refractivity contribution in [1.82, 2.24) is 5.32 Å². The summed E-state index contributed by atoms with van der Waals surface area (Å²) in [7, 11) is 1.23. The van der Waals surface area contributed by atoms with Crippen molar-refractivity contribution in [3.63, 3.8) is 0 Å². The summed E-state index contributed by atoms with van der Waals surface area (Å²) in [6.07, 6.45) is -6.62. The Kier molecular flexibility index (Phi) is 11.0. The molecule has 1 N–H and O–H groups in total. The normalized spacial score (nSPS) is 14.3. The van der Waals surface area contributed by atoms with Crippen LogP contribution in [0.2, 0.25) is 0 Å². The van der Waals surface area contributed by atoms with E-state index in [0.717, 1.165) is 34.6 Å². The van der Waals surface area contributed by atoms with Crippen LogP contribution in [0.4, 0.5) is 0 Å². The molecule has 0 aromatic rings. The maximum Gasteiger partial charge on any atom is 0.303 e. The maximum absolute atomic E-state index is 12.3. The van der Waals surface area contributed by atoms with Crippen LogP contribution in [-0.2, 0) is 52.5 Å². The van der Waals surface area contributed by atoms with Gasteiger partial charge in [-0.05, 0) is 0 Å². The quantitative estimate of drug-likeness (QED) is 0.342. The summed E-state index contributed by atoms with van der Waals surface area (Å²) in [6, 6.07) is 0. The Hall–Kier alpha value is -3.18. The van der Waals surface area contributed by atoms with Crippen molar-refractivity contribution in [3.05, 3.63) is 0 Å². The number of likely N-dealkylation sites (N-methyl/N-ethyl adjacent to an activating group) is 1. The summed E-state index contributed by atoms with van der Waals surface area (Å²) in [6.45, 7) is 4.54. The molecular weight excluding hydrogens is 394 g/mol. The molecule has 0 radical (unpaired) electrons. The lowest BCUT2D eigenvalue weighted by Crippen LogP contribution is -2.56. The summed E-state index contributed by atoms with van der Waals surface area (Å²) in [5.41, 5.74) is 0. The highest BCUT2D eigenvalue weighted by Gasteiger charge is 2.46. The first-order chi connectivity index (χ1) is 13.4. The van der Waals surface area contributed by atoms with Gasteiger partial charge in [0.1, 0.15) is 6.61 Å². The predicted octanol–water partition coefficient (Wildman–Crippen LogP) is -0.978. The van der Waals surface area contributed by atoms with E-state index in [1.54, 1.807) is 0 Å². The van der Waals surface area contributed by atoms with Crippen molar-refractivity contribution in [3.8, 4) is 0 Å². The van der Waals surface area contributed by atoms with Crippen molar-refractivity contribution in [2.24, 2.45) is 0 Å². The second-order valence-corrected chi connectivity index (χ2v) is 5.74. The molecule has 0 spiro atoms. The third-order valence-corrected chi connectivity index (χ3v) is 3.16. The highest BCUT2D eigenvalue weighted by atomic mass is 16.6. The molecule has 164 valence electrons. The van der Waals surface area contributed by atoms with Crippen molar-refractivity contribution < 1.29 is 52.5 Å². The standard InChI is InChI=1S/C17H25NO11/c1-8(19)25-7-13(26-9(2)20)14(27-10(3)21)15(28-11(4)22)16(17(24)18-6)29-12(5)23/h13-16H,7H2,1-6H3,(H,18,24)/t13-,14+,15-,16+/m1/s1. The molecule has 1 amide bonds. The van der Waals surface area contributed by atoms with Gasteiger partial charge in [-0.2, -0.15) is 0 Å². The number of carbonyl (C=O) groups excluding carboxylic acids is 6. The molecule has 0 aromatic carbocycles. The van der Waals surface area contributed by atoms with Crippen LogP contribution in [0.5, 0.6) is 0 Å². The molecule has 29 heavy (non-hydrogen) atoms. The monoisotopic (exact) mass is 419 g/mol. The molecule has 0 saturated carbocycles. The summed E-state index contributed by atoms with van der Waals surface area (Å²) in [5, 5.41) is 2.22. The van der Waals surface area contributed by atoms with E-state index in [9.17, 15) is 28.8 Å². The van der Waals surface area contributed by atoms with E-state index >= 15 is 0 Å². The van der Waals surface area contributed by atoms with Crippen LogP contribution in [0.3, 0.4) is 0 Å². The predicted molar refractivity (Wildman–Crippen MR) is 92.9 cm³/mol. The van der Waals surface area contributed by atoms with Gasteiger partial charge in [0.2, 0.25) is 6.10 Å². The van der Waals surface area contributed by atoms with E-state index in [4.69, 9.17) is 23.7 Å². The lowest BCUT2D eigenvalue weighted by Gasteiger charge is -2.34. The molecule has 0 aliphatic rings. The lowest BCUT2D eigenvalue weighted by molar-refractivity contribution is -0.203. The van der Waals surface area contributed by atoms with Crippen LogP contribution in [0, 0.1) is 0 Å². The van der Waals surface area contributed by atoms with Crippen LogP contribution in [-0.4, -0.2) is 73.8 Å². The fraction of sp³-hybridized carbons (Fsp3) is 0.647. The first kappa shape index (κ1) is 25.8. The minimum atomic E-state index is -1.76. The van der Waals surface area contributed by atoms with E-state index < -0.39 is 66.8 Å². The average Bonchev–Trinajstić information content (AvgIpc) is 2.58. The summed E-state index contributed by atoms with van der Waals surface area (Å²) < 4.78 is 25.0. The third-order valence-electron chi connectivity index (χ3n) is 3.16. The number of amides is 1. The Morgan fingerprint density at radius 3 is 1.48 bits per heavy atom. The molecule has 0 unspecified atom stereocenters. The first-order valence-corrected chi connectivity index (χ1v) is 8.42. The van der Waals surface area contributed by atoms with Crippen molar-refractivity contribution in [1.29, 1.82) is 0 Å². The van der Waals surface area contributed by atoms with Crippen molar-refractivity contribution >= 4 is 35.8 Å². The summed E-state index contributed by atoms with van der Waals surface area (Å²) in [5.74, 6) is -5.19. The van der Waals surface area contributed by atoms with Crippen LogP contribution >= 0.6 is 0 Å². The molecule has 4 atom stereocenters. The highest BCUT2D eigenvalue weighted by Crippen LogP contribution is 2.20. The Morgan fingerprint density at radius 1 is 0.655 bits per heavy atom. The van der Waals surface area contributed by atoms with Crippen molar-refractivity contribution in [2.75, 3.05) is 13.7 Å². The molecule has 0 aliphatic carbocycles. The fourth-order valence-corrected chi connectivity index (χ4v) is 2.24. The Bertz CT molecular complexity index is 645. The van der Waals surface area contributed by atoms with Gasteiger partial charge in [-0.3, -0.25) is 28.8 Å². The van der Waals surface area contributed by atoms with Gasteiger partial charge in [0.05, 0.1) is 0 Å². The number of rotatable bonds is 10. The number of hydrogen-bond donors (Lipinski definition) is 1. The molecule has 0 bridgehead atoms. The number of nitrogens with one attached hydrogen (secondary N) is 1. The van der Waals surface area contributed by atoms with Crippen LogP contribution in [0.15, 0.2) is 0 Å². The largest absolute Gasteiger partial charge is 0.462 e. The highest BCUT2D eigenvalue weighted by molar-refractivity contribution is 5.84. The van der Waals surface area contributed by atoms with Crippen molar-refractivity contribution in [2.45, 2.75) is 59.0 Å². The van der Waals surface area contributed by atoms with E-state index in [-0.39, 0.29) is 0 Å². The number of esters is 5. The van der Waals surface area contributed by atoms with Gasteiger partial charge in [0.25, 0.3) is 5.91 Å². The zero-order chi connectivity index (χ0) is 22.7. The summed E-state index contributed by atoms with van der Waals surface area (Å²) in [4.78, 5) is 69.7. The second kappa shape index (κ2) is 12.3. The van der Waals surface area contributed by atoms with Gasteiger partial charge < -0.3 is 29.0 Å². The molecule has 0 rings (SSSR count). The molecule has 0 fully saturated rings. The second-order valence-electron chi connectivity index (χ2n) is 5.74. The SMILES string of the molecule is CNC(=O)[C@@H](OC(C)=O)[C@H](OC(C)=O)[C@@H](OC(C)=O)[C@@H](COC(C)=O)OC(C)=O. The molecular formula is C17H25NO11. The molecule has 0 heterocycles. The molecule has 12 heteroatoms. The molecule has 0 aromatic heterocycles. The number of hydrogen-bond acceptors (Lipinski definition) is 11. The Morgan fingerprint density at radius 2 is 1.10 bits per heavy atom. The van der Waals surface area contributed by atoms with Gasteiger partial charge in [-0.15, -0.1) is 0 Å².